The molecule has 0 bridgehead atoms. The fraction of sp³-hybridized carbons (Fsp3) is 0.887. The summed E-state index contributed by atoms with van der Waals surface area (Å²) in [5.74, 6) is -0.0587. The van der Waals surface area contributed by atoms with Crippen LogP contribution in [0.25, 0.3) is 0 Å². The molecule has 0 aliphatic heterocycles. The molecule has 2 atom stereocenters. The Balaban J connectivity index is 3.44. The number of ether oxygens (including phenoxy) is 1. The molecule has 6 nitrogen and oxygen atoms in total. The number of esters is 1. The van der Waals surface area contributed by atoms with Crippen LogP contribution in [0.4, 0.5) is 0 Å². The predicted octanol–water partition coefficient (Wildman–Crippen LogP) is 22.3. The number of amides is 1. The van der Waals surface area contributed by atoms with E-state index in [-0.39, 0.29) is 18.5 Å². The van der Waals surface area contributed by atoms with Crippen LogP contribution >= 0.6 is 0 Å². The molecule has 1 amide bonds. The molecular weight excluding hydrogens is 947 g/mol. The van der Waals surface area contributed by atoms with Gasteiger partial charge in [-0.15, -0.1) is 0 Å². The largest absolute Gasteiger partial charge is 0.466 e. The second-order valence-corrected chi connectivity index (χ2v) is 23.9. The molecule has 0 spiro atoms. The maximum absolute atomic E-state index is 12.5. The van der Waals surface area contributed by atoms with Crippen LogP contribution in [0.5, 0.6) is 0 Å². The van der Waals surface area contributed by atoms with Crippen LogP contribution in [0.2, 0.25) is 0 Å². The molecule has 0 saturated carbocycles. The van der Waals surface area contributed by atoms with Crippen LogP contribution in [0, 0.1) is 0 Å². The monoisotopic (exact) mass is 1080 g/mol. The lowest BCUT2D eigenvalue weighted by atomic mass is 10.0. The summed E-state index contributed by atoms with van der Waals surface area (Å²) in [6, 6.07) is -0.633. The number of carbonyl (C=O) groups is 2. The fourth-order valence-electron chi connectivity index (χ4n) is 10.8. The standard InChI is InChI=1S/C71H135NO5/c1-3-5-7-9-11-13-15-17-19-21-29-32-35-39-43-47-51-55-59-63-69(74)68(67-73)72-70(75)64-60-56-52-48-44-40-36-33-30-27-25-23-22-24-26-28-31-34-38-42-46-50-54-58-62-66-77-71(76)65-61-57-53-49-45-41-37-20-18-16-14-12-10-8-6-4-2/h23-26,59,63,68-69,73-74H,3-22,27-58,60-62,64-67H2,1-2H3,(H,72,75)/b25-23-,26-24-,63-59+. The van der Waals surface area contributed by atoms with Crippen molar-refractivity contribution in [3.63, 3.8) is 0 Å². The van der Waals surface area contributed by atoms with Gasteiger partial charge in [0.15, 0.2) is 0 Å². The van der Waals surface area contributed by atoms with Crippen LogP contribution in [0.1, 0.15) is 380 Å². The Kier molecular flexibility index (Phi) is 64.9. The Bertz CT molecular complexity index is 1250. The smallest absolute Gasteiger partial charge is 0.305 e. The zero-order chi connectivity index (χ0) is 55.7. The van der Waals surface area contributed by atoms with E-state index in [0.717, 1.165) is 44.9 Å². The molecule has 0 aromatic heterocycles. The summed E-state index contributed by atoms with van der Waals surface area (Å²) in [6.45, 7) is 4.93. The van der Waals surface area contributed by atoms with E-state index in [4.69, 9.17) is 4.74 Å². The quantitative estimate of drug-likeness (QED) is 0.0320. The van der Waals surface area contributed by atoms with Gasteiger partial charge >= 0.3 is 5.97 Å². The molecule has 77 heavy (non-hydrogen) atoms. The van der Waals surface area contributed by atoms with Crippen molar-refractivity contribution in [3.8, 4) is 0 Å². The Morgan fingerprint density at radius 1 is 0.364 bits per heavy atom. The van der Waals surface area contributed by atoms with E-state index < -0.39 is 12.1 Å². The average Bonchev–Trinajstić information content (AvgIpc) is 3.43. The molecule has 0 fully saturated rings. The Labute approximate surface area is 481 Å². The topological polar surface area (TPSA) is 95.9 Å². The van der Waals surface area contributed by atoms with E-state index in [1.807, 2.05) is 6.08 Å². The average molecular weight is 1080 g/mol. The summed E-state index contributed by atoms with van der Waals surface area (Å²) in [4.78, 5) is 24.6. The van der Waals surface area contributed by atoms with Gasteiger partial charge in [-0.1, -0.05) is 339 Å². The summed E-state index contributed by atoms with van der Waals surface area (Å²) in [6.07, 6.45) is 85.0. The molecule has 0 aliphatic rings. The number of unbranched alkanes of at least 4 members (excludes halogenated alkanes) is 50. The second-order valence-electron chi connectivity index (χ2n) is 23.9. The van der Waals surface area contributed by atoms with Crippen molar-refractivity contribution in [1.29, 1.82) is 0 Å². The van der Waals surface area contributed by atoms with Crippen LogP contribution < -0.4 is 5.32 Å². The maximum Gasteiger partial charge on any atom is 0.305 e. The minimum atomic E-state index is -0.849. The molecular formula is C71H135NO5. The molecule has 0 aromatic carbocycles. The van der Waals surface area contributed by atoms with Gasteiger partial charge in [-0.2, -0.15) is 0 Å². The lowest BCUT2D eigenvalue weighted by molar-refractivity contribution is -0.143. The van der Waals surface area contributed by atoms with E-state index in [0.29, 0.717) is 19.4 Å². The molecule has 6 heteroatoms. The van der Waals surface area contributed by atoms with Gasteiger partial charge in [-0.3, -0.25) is 9.59 Å². The minimum Gasteiger partial charge on any atom is -0.466 e. The third kappa shape index (κ3) is 63.1. The lowest BCUT2D eigenvalue weighted by Gasteiger charge is -2.20. The Morgan fingerprint density at radius 2 is 0.649 bits per heavy atom. The molecule has 454 valence electrons. The van der Waals surface area contributed by atoms with Gasteiger partial charge in [0.05, 0.1) is 25.4 Å². The van der Waals surface area contributed by atoms with Gasteiger partial charge < -0.3 is 20.3 Å². The highest BCUT2D eigenvalue weighted by molar-refractivity contribution is 5.76. The van der Waals surface area contributed by atoms with E-state index in [1.54, 1.807) is 6.08 Å². The first kappa shape index (κ1) is 75.1. The molecule has 0 heterocycles. The number of rotatable bonds is 65. The van der Waals surface area contributed by atoms with Gasteiger partial charge in [-0.25, -0.2) is 0 Å². The van der Waals surface area contributed by atoms with Crippen molar-refractivity contribution < 1.29 is 24.5 Å². The number of carbonyl (C=O) groups excluding carboxylic acids is 2. The lowest BCUT2D eigenvalue weighted by Crippen LogP contribution is -2.45. The van der Waals surface area contributed by atoms with Gasteiger partial charge in [0.1, 0.15) is 0 Å². The van der Waals surface area contributed by atoms with E-state index in [1.165, 1.54) is 308 Å². The van der Waals surface area contributed by atoms with Crippen molar-refractivity contribution in [1.82, 2.24) is 5.32 Å². The minimum absolute atomic E-state index is 0.0125. The third-order valence-electron chi connectivity index (χ3n) is 16.2. The van der Waals surface area contributed by atoms with E-state index in [2.05, 4.69) is 43.5 Å². The number of nitrogens with one attached hydrogen (secondary N) is 1. The molecule has 3 N–H and O–H groups in total. The molecule has 0 radical (unpaired) electrons. The molecule has 2 unspecified atom stereocenters. The summed E-state index contributed by atoms with van der Waals surface area (Å²) in [7, 11) is 0. The first-order valence-corrected chi connectivity index (χ1v) is 34.8. The summed E-state index contributed by atoms with van der Waals surface area (Å²) in [5.41, 5.74) is 0. The number of aliphatic hydroxyl groups is 2. The van der Waals surface area contributed by atoms with Gasteiger partial charge in [0.2, 0.25) is 5.91 Å². The van der Waals surface area contributed by atoms with Crippen LogP contribution in [0.15, 0.2) is 36.5 Å². The number of hydrogen-bond acceptors (Lipinski definition) is 5. The van der Waals surface area contributed by atoms with Crippen molar-refractivity contribution in [2.75, 3.05) is 13.2 Å². The maximum atomic E-state index is 12.5. The fourth-order valence-corrected chi connectivity index (χ4v) is 10.8. The first-order chi connectivity index (χ1) is 38.0. The van der Waals surface area contributed by atoms with E-state index in [9.17, 15) is 19.8 Å². The van der Waals surface area contributed by atoms with E-state index >= 15 is 0 Å². The molecule has 0 rings (SSSR count). The second kappa shape index (κ2) is 66.6. The van der Waals surface area contributed by atoms with Crippen molar-refractivity contribution in [3.05, 3.63) is 36.5 Å². The zero-order valence-electron chi connectivity index (χ0n) is 52.0. The summed E-state index contributed by atoms with van der Waals surface area (Å²) >= 11 is 0. The van der Waals surface area contributed by atoms with Crippen molar-refractivity contribution >= 4 is 11.9 Å². The predicted molar refractivity (Wildman–Crippen MR) is 338 cm³/mol. The molecule has 0 aromatic rings. The summed E-state index contributed by atoms with van der Waals surface area (Å²) < 4.78 is 5.50. The SMILES string of the molecule is CCCCCCCCCCCCCCCCCCC/C=C/C(O)C(CO)NC(=O)CCCCCCCCCCC/C=C\C/C=C\CCCCCCCCCCCOC(=O)CCCCCCCCCCCCCCCCCC. The van der Waals surface area contributed by atoms with Crippen LogP contribution in [0.3, 0.4) is 0 Å². The highest BCUT2D eigenvalue weighted by Gasteiger charge is 2.18. The van der Waals surface area contributed by atoms with Crippen LogP contribution in [-0.4, -0.2) is 47.4 Å². The third-order valence-corrected chi connectivity index (χ3v) is 16.2. The highest BCUT2D eigenvalue weighted by atomic mass is 16.5. The highest BCUT2D eigenvalue weighted by Crippen LogP contribution is 2.18. The molecule has 0 saturated heterocycles. The van der Waals surface area contributed by atoms with Gasteiger partial charge in [-0.05, 0) is 64.2 Å². The first-order valence-electron chi connectivity index (χ1n) is 34.8. The van der Waals surface area contributed by atoms with Gasteiger partial charge in [0.25, 0.3) is 0 Å². The molecule has 0 aliphatic carbocycles. The van der Waals surface area contributed by atoms with Gasteiger partial charge in [0, 0.05) is 12.8 Å². The normalized spacial score (nSPS) is 12.7. The number of allylic oxidation sites excluding steroid dienone is 5. The zero-order valence-corrected chi connectivity index (χ0v) is 52.0. The number of hydrogen-bond donors (Lipinski definition) is 3. The Morgan fingerprint density at radius 3 is 0.987 bits per heavy atom. The number of aliphatic hydroxyl groups excluding tert-OH is 2. The Hall–Kier alpha value is -1.92. The van der Waals surface area contributed by atoms with Crippen LogP contribution in [-0.2, 0) is 14.3 Å². The summed E-state index contributed by atoms with van der Waals surface area (Å²) in [5, 5.41) is 23.2. The van der Waals surface area contributed by atoms with Crippen molar-refractivity contribution in [2.45, 2.75) is 392 Å². The van der Waals surface area contributed by atoms with Crippen molar-refractivity contribution in [2.24, 2.45) is 0 Å².